The molecule has 2 rings (SSSR count). The van der Waals surface area contributed by atoms with Crippen LogP contribution < -0.4 is 4.74 Å². The van der Waals surface area contributed by atoms with E-state index in [2.05, 4.69) is 12.1 Å². The highest BCUT2D eigenvalue weighted by Gasteiger charge is 2.00. The van der Waals surface area contributed by atoms with Gasteiger partial charge in [0.1, 0.15) is 24.1 Å². The Morgan fingerprint density at radius 2 is 2.00 bits per heavy atom. The number of nitriles is 2. The Hall–Kier alpha value is -2.72. The molecule has 88 valence electrons. The highest BCUT2D eigenvalue weighted by molar-refractivity contribution is 5.36. The molecular formula is C14H11N3O. The third kappa shape index (κ3) is 2.69. The van der Waals surface area contributed by atoms with Crippen LogP contribution in [0, 0.1) is 22.7 Å². The molecule has 4 nitrogen and oxygen atoms in total. The van der Waals surface area contributed by atoms with E-state index in [9.17, 15) is 0 Å². The van der Waals surface area contributed by atoms with E-state index in [4.69, 9.17) is 15.3 Å². The molecule has 0 bridgehead atoms. The van der Waals surface area contributed by atoms with Crippen LogP contribution in [0.15, 0.2) is 42.6 Å². The molecule has 0 amide bonds. The molecular weight excluding hydrogens is 226 g/mol. The van der Waals surface area contributed by atoms with Crippen molar-refractivity contribution in [2.45, 2.75) is 6.54 Å². The van der Waals surface area contributed by atoms with Crippen LogP contribution in [0.25, 0.3) is 0 Å². The van der Waals surface area contributed by atoms with Crippen molar-refractivity contribution < 1.29 is 4.74 Å². The van der Waals surface area contributed by atoms with E-state index < -0.39 is 0 Å². The monoisotopic (exact) mass is 237 g/mol. The SMILES string of the molecule is N#Cc1cccc(OCCn2cccc2C#N)c1. The zero-order valence-corrected chi connectivity index (χ0v) is 9.71. The average Bonchev–Trinajstić information content (AvgIpc) is 2.86. The largest absolute Gasteiger partial charge is 0.492 e. The molecule has 2 aromatic rings. The second kappa shape index (κ2) is 5.56. The van der Waals surface area contributed by atoms with E-state index in [0.717, 1.165) is 0 Å². The summed E-state index contributed by atoms with van der Waals surface area (Å²) in [5.74, 6) is 0.666. The van der Waals surface area contributed by atoms with Gasteiger partial charge >= 0.3 is 0 Å². The van der Waals surface area contributed by atoms with Crippen molar-refractivity contribution in [3.8, 4) is 17.9 Å². The van der Waals surface area contributed by atoms with Crippen molar-refractivity contribution >= 4 is 0 Å². The molecule has 0 aliphatic rings. The molecule has 0 radical (unpaired) electrons. The zero-order valence-electron chi connectivity index (χ0n) is 9.71. The van der Waals surface area contributed by atoms with E-state index in [-0.39, 0.29) is 0 Å². The molecule has 4 heteroatoms. The summed E-state index contributed by atoms with van der Waals surface area (Å²) in [6.07, 6.45) is 1.84. The highest BCUT2D eigenvalue weighted by Crippen LogP contribution is 2.12. The van der Waals surface area contributed by atoms with Crippen LogP contribution in [0.1, 0.15) is 11.3 Å². The van der Waals surface area contributed by atoms with E-state index in [1.165, 1.54) is 0 Å². The first-order chi connectivity index (χ1) is 8.83. The lowest BCUT2D eigenvalue weighted by atomic mass is 10.2. The fourth-order valence-corrected chi connectivity index (χ4v) is 1.63. The molecule has 0 N–H and O–H groups in total. The third-order valence-corrected chi connectivity index (χ3v) is 2.51. The van der Waals surface area contributed by atoms with Gasteiger partial charge in [0, 0.05) is 6.20 Å². The highest BCUT2D eigenvalue weighted by atomic mass is 16.5. The minimum absolute atomic E-state index is 0.457. The van der Waals surface area contributed by atoms with E-state index >= 15 is 0 Å². The Morgan fingerprint density at radius 1 is 1.11 bits per heavy atom. The van der Waals surface area contributed by atoms with Crippen molar-refractivity contribution in [3.05, 3.63) is 53.9 Å². The average molecular weight is 237 g/mol. The molecule has 0 aliphatic heterocycles. The van der Waals surface area contributed by atoms with Gasteiger partial charge in [-0.1, -0.05) is 6.07 Å². The maximum atomic E-state index is 8.84. The van der Waals surface area contributed by atoms with Gasteiger partial charge in [-0.05, 0) is 30.3 Å². The van der Waals surface area contributed by atoms with Crippen LogP contribution in [-0.4, -0.2) is 11.2 Å². The van der Waals surface area contributed by atoms with Crippen LogP contribution in [0.4, 0.5) is 0 Å². The lowest BCUT2D eigenvalue weighted by molar-refractivity contribution is 0.298. The van der Waals surface area contributed by atoms with Crippen molar-refractivity contribution in [3.63, 3.8) is 0 Å². The molecule has 0 aliphatic carbocycles. The molecule has 1 aromatic carbocycles. The third-order valence-electron chi connectivity index (χ3n) is 2.51. The normalized spacial score (nSPS) is 9.44. The predicted octanol–water partition coefficient (Wildman–Crippen LogP) is 2.31. The molecule has 1 heterocycles. The van der Waals surface area contributed by atoms with Crippen LogP contribution in [0.3, 0.4) is 0 Å². The maximum Gasteiger partial charge on any atom is 0.120 e. The first-order valence-electron chi connectivity index (χ1n) is 5.51. The van der Waals surface area contributed by atoms with Gasteiger partial charge in [0.05, 0.1) is 18.2 Å². The minimum Gasteiger partial charge on any atom is -0.492 e. The van der Waals surface area contributed by atoms with Gasteiger partial charge in [0.2, 0.25) is 0 Å². The van der Waals surface area contributed by atoms with Gasteiger partial charge in [0.25, 0.3) is 0 Å². The van der Waals surface area contributed by atoms with Gasteiger partial charge < -0.3 is 9.30 Å². The number of ether oxygens (including phenoxy) is 1. The first kappa shape index (κ1) is 11.8. The zero-order chi connectivity index (χ0) is 12.8. The van der Waals surface area contributed by atoms with Crippen molar-refractivity contribution in [2.24, 2.45) is 0 Å². The van der Waals surface area contributed by atoms with Crippen LogP contribution in [0.2, 0.25) is 0 Å². The smallest absolute Gasteiger partial charge is 0.120 e. The number of nitrogens with zero attached hydrogens (tertiary/aromatic N) is 3. The molecule has 0 unspecified atom stereocenters. The lowest BCUT2D eigenvalue weighted by Crippen LogP contribution is -2.08. The number of hydrogen-bond acceptors (Lipinski definition) is 3. The summed E-state index contributed by atoms with van der Waals surface area (Å²) in [4.78, 5) is 0. The summed E-state index contributed by atoms with van der Waals surface area (Å²) >= 11 is 0. The maximum absolute atomic E-state index is 8.84. The van der Waals surface area contributed by atoms with Crippen molar-refractivity contribution in [2.75, 3.05) is 6.61 Å². The number of aromatic nitrogens is 1. The molecule has 0 saturated carbocycles. The topological polar surface area (TPSA) is 61.7 Å². The minimum atomic E-state index is 0.457. The summed E-state index contributed by atoms with van der Waals surface area (Å²) < 4.78 is 7.37. The van der Waals surface area contributed by atoms with E-state index in [0.29, 0.717) is 30.2 Å². The first-order valence-corrected chi connectivity index (χ1v) is 5.51. The quantitative estimate of drug-likeness (QED) is 0.819. The summed E-state index contributed by atoms with van der Waals surface area (Å²) in [7, 11) is 0. The molecule has 1 aromatic heterocycles. The molecule has 0 atom stereocenters. The molecule has 0 fully saturated rings. The van der Waals surface area contributed by atoms with Crippen LogP contribution in [0.5, 0.6) is 5.75 Å². The Kier molecular flexibility index (Phi) is 3.63. The predicted molar refractivity (Wildman–Crippen MR) is 65.8 cm³/mol. The fourth-order valence-electron chi connectivity index (χ4n) is 1.63. The number of hydrogen-bond donors (Lipinski definition) is 0. The van der Waals surface area contributed by atoms with Gasteiger partial charge in [-0.15, -0.1) is 0 Å². The Balaban J connectivity index is 1.93. The summed E-state index contributed by atoms with van der Waals surface area (Å²) in [6.45, 7) is 1.06. The van der Waals surface area contributed by atoms with Crippen molar-refractivity contribution in [1.82, 2.24) is 4.57 Å². The van der Waals surface area contributed by atoms with Gasteiger partial charge in [-0.2, -0.15) is 10.5 Å². The Bertz CT molecular complexity index is 616. The van der Waals surface area contributed by atoms with Crippen LogP contribution >= 0.6 is 0 Å². The second-order valence-corrected chi connectivity index (χ2v) is 3.69. The standard InChI is InChI=1S/C14H11N3O/c15-10-12-3-1-5-14(9-12)18-8-7-17-6-2-4-13(17)11-16/h1-6,9H,7-8H2. The molecule has 18 heavy (non-hydrogen) atoms. The van der Waals surface area contributed by atoms with Gasteiger partial charge in [-0.3, -0.25) is 0 Å². The number of rotatable bonds is 4. The molecule has 0 spiro atoms. The number of benzene rings is 1. The van der Waals surface area contributed by atoms with E-state index in [1.807, 2.05) is 22.9 Å². The summed E-state index contributed by atoms with van der Waals surface area (Å²) in [5, 5.41) is 17.6. The second-order valence-electron chi connectivity index (χ2n) is 3.69. The fraction of sp³-hybridized carbons (Fsp3) is 0.143. The Morgan fingerprint density at radius 3 is 2.78 bits per heavy atom. The van der Waals surface area contributed by atoms with E-state index in [1.54, 1.807) is 24.3 Å². The van der Waals surface area contributed by atoms with Crippen LogP contribution in [-0.2, 0) is 6.54 Å². The Labute approximate surface area is 105 Å². The summed E-state index contributed by atoms with van der Waals surface area (Å²) in [6, 6.07) is 14.8. The summed E-state index contributed by atoms with van der Waals surface area (Å²) in [5.41, 5.74) is 1.19. The van der Waals surface area contributed by atoms with Gasteiger partial charge in [0.15, 0.2) is 0 Å². The molecule has 0 saturated heterocycles. The van der Waals surface area contributed by atoms with Gasteiger partial charge in [-0.25, -0.2) is 0 Å². The lowest BCUT2D eigenvalue weighted by Gasteiger charge is -2.07. The van der Waals surface area contributed by atoms with Crippen molar-refractivity contribution in [1.29, 1.82) is 10.5 Å².